The minimum atomic E-state index is -0.996. The normalized spacial score (nSPS) is 26.3. The molecule has 124 valence electrons. The Morgan fingerprint density at radius 3 is 2.78 bits per heavy atom. The molecule has 1 unspecified atom stereocenters. The van der Waals surface area contributed by atoms with Crippen LogP contribution >= 0.6 is 0 Å². The fourth-order valence-corrected chi connectivity index (χ4v) is 3.34. The number of amides is 2. The molecule has 3 rings (SSSR count). The molecule has 2 fully saturated rings. The number of aromatic nitrogens is 2. The number of carbonyl (C=O) groups is 2. The molecule has 1 spiro atoms. The molecule has 0 aromatic carbocycles. The van der Waals surface area contributed by atoms with Gasteiger partial charge >= 0.3 is 0 Å². The van der Waals surface area contributed by atoms with Crippen molar-refractivity contribution >= 4 is 11.8 Å². The number of rotatable bonds is 4. The molecule has 0 saturated carbocycles. The third-order valence-electron chi connectivity index (χ3n) is 4.65. The van der Waals surface area contributed by atoms with Gasteiger partial charge in [0.2, 0.25) is 5.91 Å². The van der Waals surface area contributed by atoms with Crippen LogP contribution in [0.3, 0.4) is 0 Å². The van der Waals surface area contributed by atoms with Gasteiger partial charge in [-0.3, -0.25) is 9.59 Å². The van der Waals surface area contributed by atoms with Crippen LogP contribution in [0.15, 0.2) is 18.5 Å². The standard InChI is InChI=1S/C15H21N5O3/c1-10(21)12(16)13(22)20-7-2-4-15(20)9-19(14(15)23)8-11-17-5-3-6-18-11/h3,5-6,10,12,21H,2,4,7-9,16H2,1H3/t10-,12+,15?/m1/s1. The molecule has 1 aromatic heterocycles. The maximum Gasteiger partial charge on any atom is 0.250 e. The lowest BCUT2D eigenvalue weighted by Crippen LogP contribution is -2.73. The van der Waals surface area contributed by atoms with Crippen molar-refractivity contribution in [1.82, 2.24) is 19.8 Å². The van der Waals surface area contributed by atoms with Gasteiger partial charge in [0.15, 0.2) is 0 Å². The summed E-state index contributed by atoms with van der Waals surface area (Å²) in [4.78, 5) is 36.6. The average Bonchev–Trinajstić information content (AvgIpc) is 3.00. The summed E-state index contributed by atoms with van der Waals surface area (Å²) in [6.07, 6.45) is 3.73. The second kappa shape index (κ2) is 5.86. The molecule has 0 bridgehead atoms. The number of carbonyl (C=O) groups excluding carboxylic acids is 2. The second-order valence-corrected chi connectivity index (χ2v) is 6.22. The van der Waals surface area contributed by atoms with E-state index in [0.29, 0.717) is 31.9 Å². The van der Waals surface area contributed by atoms with Gasteiger partial charge in [-0.2, -0.15) is 0 Å². The molecule has 0 radical (unpaired) electrons. The Bertz CT molecular complexity index is 608. The first kappa shape index (κ1) is 15.8. The lowest BCUT2D eigenvalue weighted by Gasteiger charge is -2.51. The van der Waals surface area contributed by atoms with Crippen molar-refractivity contribution in [2.24, 2.45) is 5.73 Å². The highest BCUT2D eigenvalue weighted by atomic mass is 16.3. The molecule has 8 nitrogen and oxygen atoms in total. The molecule has 23 heavy (non-hydrogen) atoms. The lowest BCUT2D eigenvalue weighted by molar-refractivity contribution is -0.169. The first-order valence-corrected chi connectivity index (χ1v) is 7.76. The van der Waals surface area contributed by atoms with E-state index in [1.807, 2.05) is 0 Å². The van der Waals surface area contributed by atoms with Crippen LogP contribution < -0.4 is 5.73 Å². The van der Waals surface area contributed by atoms with Crippen molar-refractivity contribution in [2.75, 3.05) is 13.1 Å². The SMILES string of the molecule is C[C@@H](O)[C@H](N)C(=O)N1CCCC12CN(Cc1ncccn1)C2=O. The molecule has 0 aliphatic carbocycles. The number of aliphatic hydroxyl groups excluding tert-OH is 1. The molecular weight excluding hydrogens is 298 g/mol. The van der Waals surface area contributed by atoms with Gasteiger partial charge in [-0.1, -0.05) is 0 Å². The Morgan fingerprint density at radius 2 is 2.17 bits per heavy atom. The smallest absolute Gasteiger partial charge is 0.250 e. The molecule has 8 heteroatoms. The van der Waals surface area contributed by atoms with Crippen LogP contribution in [0.1, 0.15) is 25.6 Å². The van der Waals surface area contributed by atoms with E-state index in [9.17, 15) is 14.7 Å². The average molecular weight is 319 g/mol. The number of hydrogen-bond donors (Lipinski definition) is 2. The minimum Gasteiger partial charge on any atom is -0.391 e. The molecule has 3 atom stereocenters. The highest BCUT2D eigenvalue weighted by Crippen LogP contribution is 2.39. The lowest BCUT2D eigenvalue weighted by atomic mass is 9.85. The van der Waals surface area contributed by atoms with Crippen molar-refractivity contribution in [2.45, 2.75) is 44.0 Å². The third kappa shape index (κ3) is 2.57. The number of likely N-dealkylation sites (tertiary alicyclic amines) is 2. The van der Waals surface area contributed by atoms with Crippen LogP contribution in [0.5, 0.6) is 0 Å². The Hall–Kier alpha value is -2.06. The van der Waals surface area contributed by atoms with Crippen molar-refractivity contribution < 1.29 is 14.7 Å². The van der Waals surface area contributed by atoms with Crippen molar-refractivity contribution in [3.8, 4) is 0 Å². The van der Waals surface area contributed by atoms with Gasteiger partial charge in [0, 0.05) is 18.9 Å². The van der Waals surface area contributed by atoms with Crippen LogP contribution in [0, 0.1) is 0 Å². The summed E-state index contributed by atoms with van der Waals surface area (Å²) in [7, 11) is 0. The molecule has 2 saturated heterocycles. The third-order valence-corrected chi connectivity index (χ3v) is 4.65. The van der Waals surface area contributed by atoms with E-state index in [1.54, 1.807) is 28.3 Å². The van der Waals surface area contributed by atoms with Gasteiger partial charge in [0.1, 0.15) is 17.4 Å². The molecule has 3 heterocycles. The molecule has 2 aliphatic heterocycles. The monoisotopic (exact) mass is 319 g/mol. The number of nitrogens with two attached hydrogens (primary N) is 1. The van der Waals surface area contributed by atoms with Crippen molar-refractivity contribution in [3.63, 3.8) is 0 Å². The maximum absolute atomic E-state index is 12.7. The zero-order valence-corrected chi connectivity index (χ0v) is 13.1. The highest BCUT2D eigenvalue weighted by Gasteiger charge is 2.60. The Labute approximate surface area is 134 Å². The van der Waals surface area contributed by atoms with Crippen LogP contribution in [0.2, 0.25) is 0 Å². The summed E-state index contributed by atoms with van der Waals surface area (Å²) < 4.78 is 0. The zero-order valence-electron chi connectivity index (χ0n) is 13.1. The predicted octanol–water partition coefficient (Wildman–Crippen LogP) is -1.11. The molecule has 2 aliphatic rings. The quantitative estimate of drug-likeness (QED) is 0.680. The minimum absolute atomic E-state index is 0.0893. The predicted molar refractivity (Wildman–Crippen MR) is 80.8 cm³/mol. The van der Waals surface area contributed by atoms with E-state index in [1.165, 1.54) is 6.92 Å². The number of β-lactam (4-membered cyclic amide) rings is 1. The van der Waals surface area contributed by atoms with Crippen LogP contribution in [0.25, 0.3) is 0 Å². The van der Waals surface area contributed by atoms with Gasteiger partial charge < -0.3 is 20.6 Å². The van der Waals surface area contributed by atoms with Gasteiger partial charge in [-0.05, 0) is 25.8 Å². The van der Waals surface area contributed by atoms with Crippen molar-refractivity contribution in [1.29, 1.82) is 0 Å². The fourth-order valence-electron chi connectivity index (χ4n) is 3.34. The van der Waals surface area contributed by atoms with E-state index < -0.39 is 17.7 Å². The number of nitrogens with zero attached hydrogens (tertiary/aromatic N) is 4. The first-order chi connectivity index (χ1) is 11.0. The van der Waals surface area contributed by atoms with E-state index in [2.05, 4.69) is 9.97 Å². The van der Waals surface area contributed by atoms with Crippen LogP contribution in [0.4, 0.5) is 0 Å². The Kier molecular flexibility index (Phi) is 4.03. The van der Waals surface area contributed by atoms with Gasteiger partial charge in [-0.15, -0.1) is 0 Å². The van der Waals surface area contributed by atoms with E-state index in [-0.39, 0.29) is 11.8 Å². The summed E-state index contributed by atoms with van der Waals surface area (Å²) in [5.41, 5.74) is 4.96. The highest BCUT2D eigenvalue weighted by molar-refractivity contribution is 5.98. The number of hydrogen-bond acceptors (Lipinski definition) is 6. The van der Waals surface area contributed by atoms with Crippen LogP contribution in [-0.4, -0.2) is 67.5 Å². The molecule has 3 N–H and O–H groups in total. The van der Waals surface area contributed by atoms with E-state index in [4.69, 9.17) is 5.73 Å². The topological polar surface area (TPSA) is 113 Å². The van der Waals surface area contributed by atoms with Gasteiger partial charge in [0.05, 0.1) is 19.2 Å². The van der Waals surface area contributed by atoms with Crippen molar-refractivity contribution in [3.05, 3.63) is 24.3 Å². The number of aliphatic hydroxyl groups is 1. The maximum atomic E-state index is 12.7. The second-order valence-electron chi connectivity index (χ2n) is 6.22. The Morgan fingerprint density at radius 1 is 1.48 bits per heavy atom. The Balaban J connectivity index is 1.71. The van der Waals surface area contributed by atoms with E-state index >= 15 is 0 Å². The summed E-state index contributed by atoms with van der Waals surface area (Å²) in [5.74, 6) is 0.127. The van der Waals surface area contributed by atoms with Gasteiger partial charge in [-0.25, -0.2) is 9.97 Å². The first-order valence-electron chi connectivity index (χ1n) is 7.76. The molecular formula is C15H21N5O3. The molecule has 1 aromatic rings. The van der Waals surface area contributed by atoms with Crippen LogP contribution in [-0.2, 0) is 16.1 Å². The molecule has 2 amide bonds. The van der Waals surface area contributed by atoms with E-state index in [0.717, 1.165) is 6.42 Å². The largest absolute Gasteiger partial charge is 0.391 e. The zero-order chi connectivity index (χ0) is 16.6. The fraction of sp³-hybridized carbons (Fsp3) is 0.600. The van der Waals surface area contributed by atoms with Gasteiger partial charge in [0.25, 0.3) is 5.91 Å². The summed E-state index contributed by atoms with van der Waals surface area (Å²) >= 11 is 0. The summed E-state index contributed by atoms with van der Waals surface area (Å²) in [6.45, 7) is 2.78. The summed E-state index contributed by atoms with van der Waals surface area (Å²) in [5, 5.41) is 9.54. The summed E-state index contributed by atoms with van der Waals surface area (Å²) in [6, 6.07) is 0.724.